The van der Waals surface area contributed by atoms with Crippen LogP contribution < -0.4 is 16.2 Å². The molecule has 1 atom stereocenters. The fraction of sp³-hybridized carbons (Fsp3) is 0.444. The summed E-state index contributed by atoms with van der Waals surface area (Å²) in [6.07, 6.45) is 3.36. The molecule has 1 aliphatic heterocycles. The first-order valence-corrected chi connectivity index (χ1v) is 8.84. The quantitative estimate of drug-likeness (QED) is 0.795. The molecule has 2 aromatic rings. The van der Waals surface area contributed by atoms with Crippen LogP contribution in [0.4, 0.5) is 5.82 Å². The van der Waals surface area contributed by atoms with Gasteiger partial charge in [-0.2, -0.15) is 0 Å². The molecule has 1 saturated heterocycles. The number of nitrogens with zero attached hydrogens (tertiary/aromatic N) is 3. The number of carbonyl (C=O) groups is 2. The second-order valence-electron chi connectivity index (χ2n) is 6.80. The summed E-state index contributed by atoms with van der Waals surface area (Å²) >= 11 is 0. The summed E-state index contributed by atoms with van der Waals surface area (Å²) in [7, 11) is 2.00. The SMILES string of the molecule is Cc1cc(NC(=O)Cn2cccc(C(=O)N[C@@H]3CCCN(C)C3)c2=O)no1. The summed E-state index contributed by atoms with van der Waals surface area (Å²) in [5.74, 6) is -0.00518. The third-order valence-electron chi connectivity index (χ3n) is 4.43. The van der Waals surface area contributed by atoms with E-state index in [1.54, 1.807) is 19.1 Å². The van der Waals surface area contributed by atoms with Crippen molar-refractivity contribution in [3.63, 3.8) is 0 Å². The number of carbonyl (C=O) groups excluding carboxylic acids is 2. The Bertz CT molecular complexity index is 888. The molecule has 3 heterocycles. The Morgan fingerprint density at radius 3 is 2.93 bits per heavy atom. The van der Waals surface area contributed by atoms with Gasteiger partial charge in [0.2, 0.25) is 5.91 Å². The molecule has 144 valence electrons. The van der Waals surface area contributed by atoms with Gasteiger partial charge in [-0.25, -0.2) is 0 Å². The van der Waals surface area contributed by atoms with Crippen molar-refractivity contribution in [2.75, 3.05) is 25.5 Å². The molecule has 2 N–H and O–H groups in total. The molecule has 9 nitrogen and oxygen atoms in total. The molecule has 0 bridgehead atoms. The highest BCUT2D eigenvalue weighted by atomic mass is 16.5. The van der Waals surface area contributed by atoms with Gasteiger partial charge in [0.05, 0.1) is 0 Å². The van der Waals surface area contributed by atoms with Crippen molar-refractivity contribution in [1.82, 2.24) is 19.9 Å². The fourth-order valence-electron chi connectivity index (χ4n) is 3.14. The van der Waals surface area contributed by atoms with E-state index in [1.165, 1.54) is 16.8 Å². The van der Waals surface area contributed by atoms with Gasteiger partial charge in [0.25, 0.3) is 11.5 Å². The molecule has 0 aromatic carbocycles. The Morgan fingerprint density at radius 2 is 2.22 bits per heavy atom. The van der Waals surface area contributed by atoms with Crippen molar-refractivity contribution in [3.8, 4) is 0 Å². The van der Waals surface area contributed by atoms with Gasteiger partial charge in [0, 0.05) is 24.8 Å². The van der Waals surface area contributed by atoms with E-state index in [1.807, 2.05) is 7.05 Å². The van der Waals surface area contributed by atoms with Crippen LogP contribution in [0, 0.1) is 6.92 Å². The molecule has 27 heavy (non-hydrogen) atoms. The third kappa shape index (κ3) is 4.82. The molecular formula is C18H23N5O4. The van der Waals surface area contributed by atoms with E-state index in [-0.39, 0.29) is 24.0 Å². The van der Waals surface area contributed by atoms with Gasteiger partial charge in [0.15, 0.2) is 5.82 Å². The average Bonchev–Trinajstić information content (AvgIpc) is 3.01. The first kappa shape index (κ1) is 18.8. The minimum absolute atomic E-state index is 0.0167. The minimum Gasteiger partial charge on any atom is -0.360 e. The standard InChI is InChI=1S/C18H23N5O4/c1-12-9-15(21-27-12)20-16(24)11-23-8-4-6-14(18(23)26)17(25)19-13-5-3-7-22(2)10-13/h4,6,8-9,13H,3,5,7,10-11H2,1-2H3,(H,19,25)(H,20,21,24)/t13-/m1/s1. The normalized spacial score (nSPS) is 17.5. The maximum Gasteiger partial charge on any atom is 0.263 e. The Balaban J connectivity index is 1.66. The predicted molar refractivity (Wildman–Crippen MR) is 98.6 cm³/mol. The maximum atomic E-state index is 12.6. The number of likely N-dealkylation sites (N-methyl/N-ethyl adjacent to an activating group) is 1. The van der Waals surface area contributed by atoms with Crippen molar-refractivity contribution in [2.45, 2.75) is 32.4 Å². The molecule has 2 amide bonds. The summed E-state index contributed by atoms with van der Waals surface area (Å²) in [4.78, 5) is 39.4. The number of nitrogens with one attached hydrogen (secondary N) is 2. The first-order valence-electron chi connectivity index (χ1n) is 8.84. The van der Waals surface area contributed by atoms with Crippen molar-refractivity contribution >= 4 is 17.6 Å². The number of hydrogen-bond donors (Lipinski definition) is 2. The van der Waals surface area contributed by atoms with Crippen LogP contribution >= 0.6 is 0 Å². The van der Waals surface area contributed by atoms with Crippen molar-refractivity contribution in [3.05, 3.63) is 46.1 Å². The smallest absolute Gasteiger partial charge is 0.263 e. The Labute approximate surface area is 156 Å². The predicted octanol–water partition coefficient (Wildman–Crippen LogP) is 0.607. The highest BCUT2D eigenvalue weighted by Crippen LogP contribution is 2.09. The molecule has 3 rings (SSSR count). The van der Waals surface area contributed by atoms with Crippen LogP contribution in [-0.2, 0) is 11.3 Å². The molecule has 9 heteroatoms. The van der Waals surface area contributed by atoms with Gasteiger partial charge in [-0.3, -0.25) is 14.4 Å². The zero-order chi connectivity index (χ0) is 19.4. The van der Waals surface area contributed by atoms with E-state index in [4.69, 9.17) is 4.52 Å². The number of likely N-dealkylation sites (tertiary alicyclic amines) is 1. The lowest BCUT2D eigenvalue weighted by Gasteiger charge is -2.30. The summed E-state index contributed by atoms with van der Waals surface area (Å²) in [5.41, 5.74) is -0.485. The molecule has 0 radical (unpaired) electrons. The number of piperidine rings is 1. The molecule has 1 aliphatic rings. The highest BCUT2D eigenvalue weighted by molar-refractivity contribution is 5.94. The summed E-state index contributed by atoms with van der Waals surface area (Å²) in [5, 5.41) is 9.14. The second-order valence-corrected chi connectivity index (χ2v) is 6.80. The number of aryl methyl sites for hydroxylation is 1. The third-order valence-corrected chi connectivity index (χ3v) is 4.43. The van der Waals surface area contributed by atoms with Crippen LogP contribution in [0.25, 0.3) is 0 Å². The summed E-state index contributed by atoms with van der Waals surface area (Å²) < 4.78 is 6.08. The van der Waals surface area contributed by atoms with Crippen molar-refractivity contribution in [2.24, 2.45) is 0 Å². The van der Waals surface area contributed by atoms with Crippen LogP contribution in [0.15, 0.2) is 33.7 Å². The minimum atomic E-state index is -0.509. The number of anilines is 1. The van der Waals surface area contributed by atoms with Crippen molar-refractivity contribution < 1.29 is 14.1 Å². The molecular weight excluding hydrogens is 350 g/mol. The van der Waals surface area contributed by atoms with Crippen LogP contribution in [0.5, 0.6) is 0 Å². The Morgan fingerprint density at radius 1 is 1.41 bits per heavy atom. The molecule has 0 aliphatic carbocycles. The Hall–Kier alpha value is -2.94. The lowest BCUT2D eigenvalue weighted by atomic mass is 10.1. The monoisotopic (exact) mass is 373 g/mol. The fourth-order valence-corrected chi connectivity index (χ4v) is 3.14. The van der Waals surface area contributed by atoms with Gasteiger partial charge in [-0.15, -0.1) is 0 Å². The first-order chi connectivity index (χ1) is 12.9. The van der Waals surface area contributed by atoms with E-state index in [0.29, 0.717) is 5.76 Å². The lowest BCUT2D eigenvalue weighted by molar-refractivity contribution is -0.116. The number of pyridine rings is 1. The summed E-state index contributed by atoms with van der Waals surface area (Å²) in [6.45, 7) is 3.24. The molecule has 1 fully saturated rings. The van der Waals surface area contributed by atoms with Gasteiger partial charge in [-0.1, -0.05) is 5.16 Å². The second kappa shape index (κ2) is 8.17. The highest BCUT2D eigenvalue weighted by Gasteiger charge is 2.21. The molecule has 0 spiro atoms. The summed E-state index contributed by atoms with van der Waals surface area (Å²) in [6, 6.07) is 4.64. The van der Waals surface area contributed by atoms with Crippen molar-refractivity contribution in [1.29, 1.82) is 0 Å². The van der Waals surface area contributed by atoms with Crippen LogP contribution in [-0.4, -0.2) is 52.6 Å². The van der Waals surface area contributed by atoms with E-state index in [2.05, 4.69) is 20.7 Å². The average molecular weight is 373 g/mol. The van der Waals surface area contributed by atoms with Gasteiger partial charge in [0.1, 0.15) is 17.9 Å². The largest absolute Gasteiger partial charge is 0.360 e. The molecule has 0 unspecified atom stereocenters. The van der Waals surface area contributed by atoms with Crippen LogP contribution in [0.2, 0.25) is 0 Å². The Kier molecular flexibility index (Phi) is 5.70. The van der Waals surface area contributed by atoms with E-state index in [0.717, 1.165) is 25.9 Å². The molecule has 2 aromatic heterocycles. The number of amides is 2. The molecule has 0 saturated carbocycles. The van der Waals surface area contributed by atoms with Crippen LogP contribution in [0.3, 0.4) is 0 Å². The number of hydrogen-bond acceptors (Lipinski definition) is 6. The van der Waals surface area contributed by atoms with Gasteiger partial charge >= 0.3 is 0 Å². The maximum absolute atomic E-state index is 12.6. The van der Waals surface area contributed by atoms with E-state index in [9.17, 15) is 14.4 Å². The number of aromatic nitrogens is 2. The topological polar surface area (TPSA) is 109 Å². The zero-order valence-corrected chi connectivity index (χ0v) is 15.4. The van der Waals surface area contributed by atoms with E-state index >= 15 is 0 Å². The van der Waals surface area contributed by atoms with E-state index < -0.39 is 17.4 Å². The van der Waals surface area contributed by atoms with Gasteiger partial charge < -0.3 is 24.6 Å². The van der Waals surface area contributed by atoms with Crippen LogP contribution in [0.1, 0.15) is 29.0 Å². The lowest BCUT2D eigenvalue weighted by Crippen LogP contribution is -2.47. The van der Waals surface area contributed by atoms with Gasteiger partial charge in [-0.05, 0) is 45.5 Å². The zero-order valence-electron chi connectivity index (χ0n) is 15.4. The number of rotatable bonds is 5.